The lowest BCUT2D eigenvalue weighted by atomic mass is 9.82. The first-order valence-corrected chi connectivity index (χ1v) is 23.2. The minimum absolute atomic E-state index is 0.254. The third kappa shape index (κ3) is 7.98. The van der Waals surface area contributed by atoms with Crippen LogP contribution in [0.25, 0.3) is 111 Å². The zero-order valence-corrected chi connectivity index (χ0v) is 36.7. The van der Waals surface area contributed by atoms with Crippen molar-refractivity contribution < 1.29 is 14.3 Å². The first kappa shape index (κ1) is 40.8. The van der Waals surface area contributed by atoms with Gasteiger partial charge in [-0.3, -0.25) is 0 Å². The molecule has 0 aromatic heterocycles. The lowest BCUT2D eigenvalue weighted by Crippen LogP contribution is -2.13. The average Bonchev–Trinajstić information content (AvgIpc) is 3.38. The van der Waals surface area contributed by atoms with Gasteiger partial charge in [-0.1, -0.05) is 203 Å². The highest BCUT2D eigenvalue weighted by Gasteiger charge is 2.23. The highest BCUT2D eigenvalue weighted by molar-refractivity contribution is 7.36. The van der Waals surface area contributed by atoms with Crippen molar-refractivity contribution in [3.63, 3.8) is 0 Å². The Morgan fingerprint density at radius 1 is 0.258 bits per heavy atom. The molecule has 4 heteroatoms. The monoisotopic (exact) mass is 864 g/mol. The minimum atomic E-state index is -3.28. The van der Waals surface area contributed by atoms with Crippen LogP contribution in [0.2, 0.25) is 0 Å². The van der Waals surface area contributed by atoms with E-state index in [1.807, 2.05) is 54.6 Å². The van der Waals surface area contributed by atoms with E-state index in [4.69, 9.17) is 4.52 Å². The molecular formula is C62H41O3P-2. The molecule has 0 heterocycles. The van der Waals surface area contributed by atoms with Crippen molar-refractivity contribution in [2.75, 3.05) is 0 Å². The Hall–Kier alpha value is -7.91. The van der Waals surface area contributed by atoms with Crippen molar-refractivity contribution in [2.24, 2.45) is 0 Å². The fourth-order valence-corrected chi connectivity index (χ4v) is 9.78. The number of hydrogen-bond acceptors (Lipinski definition) is 3. The maximum absolute atomic E-state index is 12.8. The molecule has 0 saturated carbocycles. The van der Waals surface area contributed by atoms with Crippen LogP contribution < -0.4 is 14.3 Å². The van der Waals surface area contributed by atoms with E-state index >= 15 is 0 Å². The van der Waals surface area contributed by atoms with E-state index in [2.05, 4.69) is 188 Å². The summed E-state index contributed by atoms with van der Waals surface area (Å²) >= 11 is 0. The normalized spacial score (nSPS) is 11.3. The molecule has 0 aliphatic carbocycles. The Morgan fingerprint density at radius 2 is 0.621 bits per heavy atom. The van der Waals surface area contributed by atoms with Crippen LogP contribution in [0.3, 0.4) is 0 Å². The summed E-state index contributed by atoms with van der Waals surface area (Å²) in [6.45, 7) is 0. The standard InChI is InChI=1S/C62H41O3P/c63-66(64)65-61-33-19-32-52(59-40-57-50(38-55(59)46-28-15-5-16-29-46)34-48(42-20-7-1-8-21-42)36-53(57)44-24-11-3-12-25-44)62(61)60-41-58-51(39-56(60)47-30-17-6-18-31-47)35-49(43-22-9-2-10-23-43)37-54(58)45-26-13-4-14-27-45/h1-41H/q-2. The van der Waals surface area contributed by atoms with Crippen LogP contribution in [-0.2, 0) is 0 Å². The van der Waals surface area contributed by atoms with E-state index in [1.54, 1.807) is 6.07 Å². The summed E-state index contributed by atoms with van der Waals surface area (Å²) in [6.07, 6.45) is 0. The molecule has 11 aromatic rings. The van der Waals surface area contributed by atoms with Crippen LogP contribution in [0, 0.1) is 0 Å². The van der Waals surface area contributed by atoms with Crippen LogP contribution in [0.15, 0.2) is 249 Å². The van der Waals surface area contributed by atoms with Gasteiger partial charge in [0, 0.05) is 5.56 Å². The number of fused-ring (bicyclic) bond motifs is 2. The van der Waals surface area contributed by atoms with Gasteiger partial charge in [-0.2, -0.15) is 0 Å². The lowest BCUT2D eigenvalue weighted by Gasteiger charge is -2.32. The molecule has 66 heavy (non-hydrogen) atoms. The predicted molar refractivity (Wildman–Crippen MR) is 272 cm³/mol. The van der Waals surface area contributed by atoms with E-state index in [0.717, 1.165) is 105 Å². The molecule has 0 aliphatic rings. The molecule has 0 atom stereocenters. The van der Waals surface area contributed by atoms with Gasteiger partial charge in [0.1, 0.15) is 5.75 Å². The molecule has 0 saturated heterocycles. The van der Waals surface area contributed by atoms with Gasteiger partial charge >= 0.3 is 0 Å². The lowest BCUT2D eigenvalue weighted by molar-refractivity contribution is -0.310. The van der Waals surface area contributed by atoms with E-state index in [-0.39, 0.29) is 5.75 Å². The zero-order chi connectivity index (χ0) is 44.4. The second kappa shape index (κ2) is 17.9. The summed E-state index contributed by atoms with van der Waals surface area (Å²) in [5.74, 6) is 0.254. The largest absolute Gasteiger partial charge is 0.810 e. The third-order valence-corrected chi connectivity index (χ3v) is 12.8. The van der Waals surface area contributed by atoms with Gasteiger partial charge in [0.15, 0.2) is 0 Å². The van der Waals surface area contributed by atoms with Gasteiger partial charge in [-0.15, -0.1) is 0 Å². The van der Waals surface area contributed by atoms with Gasteiger partial charge in [0.2, 0.25) is 0 Å². The van der Waals surface area contributed by atoms with Crippen LogP contribution in [0.4, 0.5) is 0 Å². The molecule has 0 N–H and O–H groups in total. The van der Waals surface area contributed by atoms with Crippen LogP contribution >= 0.6 is 8.60 Å². The number of rotatable bonds is 10. The Balaban J connectivity index is 1.26. The maximum atomic E-state index is 12.8. The van der Waals surface area contributed by atoms with Gasteiger partial charge in [0.05, 0.1) is 0 Å². The summed E-state index contributed by atoms with van der Waals surface area (Å²) in [7, 11) is -3.28. The molecule has 11 rings (SSSR count). The average molecular weight is 865 g/mol. The van der Waals surface area contributed by atoms with Crippen molar-refractivity contribution in [3.8, 4) is 94.8 Å². The molecule has 0 radical (unpaired) electrons. The molecular weight excluding hydrogens is 824 g/mol. The molecule has 3 nitrogen and oxygen atoms in total. The van der Waals surface area contributed by atoms with Crippen molar-refractivity contribution in [1.29, 1.82) is 0 Å². The maximum Gasteiger partial charge on any atom is 0.128 e. The SMILES string of the molecule is [O-]P([O-])Oc1cccc(-c2cc3c(-c4ccccc4)cc(-c4ccccc4)cc3cc2-c2ccccc2)c1-c1cc2c(-c3ccccc3)cc(-c3ccccc3)cc2cc1-c1ccccc1. The summed E-state index contributed by atoms with van der Waals surface area (Å²) in [5, 5.41) is 4.26. The molecule has 0 unspecified atom stereocenters. The van der Waals surface area contributed by atoms with Gasteiger partial charge < -0.3 is 14.3 Å². The predicted octanol–water partition coefficient (Wildman–Crippen LogP) is 15.7. The Morgan fingerprint density at radius 3 is 1.03 bits per heavy atom. The van der Waals surface area contributed by atoms with Crippen molar-refractivity contribution in [3.05, 3.63) is 249 Å². The second-order valence-electron chi connectivity index (χ2n) is 16.5. The fourth-order valence-electron chi connectivity index (χ4n) is 9.46. The molecule has 0 fully saturated rings. The molecule has 0 amide bonds. The quantitative estimate of drug-likeness (QED) is 0.129. The van der Waals surface area contributed by atoms with Gasteiger partial charge in [0.25, 0.3) is 0 Å². The molecule has 11 aromatic carbocycles. The first-order chi connectivity index (χ1) is 32.6. The van der Waals surface area contributed by atoms with Gasteiger partial charge in [-0.05, 0) is 160 Å². The van der Waals surface area contributed by atoms with Crippen molar-refractivity contribution in [1.82, 2.24) is 0 Å². The first-order valence-electron chi connectivity index (χ1n) is 22.1. The van der Waals surface area contributed by atoms with E-state index in [1.165, 1.54) is 0 Å². The fraction of sp³-hybridized carbons (Fsp3) is 0. The van der Waals surface area contributed by atoms with Crippen molar-refractivity contribution in [2.45, 2.75) is 0 Å². The van der Waals surface area contributed by atoms with Crippen LogP contribution in [-0.4, -0.2) is 0 Å². The van der Waals surface area contributed by atoms with Gasteiger partial charge in [-0.25, -0.2) is 0 Å². The van der Waals surface area contributed by atoms with E-state index in [0.29, 0.717) is 5.56 Å². The molecule has 0 spiro atoms. The van der Waals surface area contributed by atoms with Crippen LogP contribution in [0.1, 0.15) is 0 Å². The summed E-state index contributed by atoms with van der Waals surface area (Å²) in [4.78, 5) is 25.6. The molecule has 0 aliphatic heterocycles. The zero-order valence-electron chi connectivity index (χ0n) is 35.8. The summed E-state index contributed by atoms with van der Waals surface area (Å²) < 4.78 is 5.90. The Bertz CT molecular complexity index is 3490. The van der Waals surface area contributed by atoms with Crippen LogP contribution in [0.5, 0.6) is 5.75 Å². The van der Waals surface area contributed by atoms with E-state index < -0.39 is 8.60 Å². The second-order valence-corrected chi connectivity index (χ2v) is 17.1. The smallest absolute Gasteiger partial charge is 0.128 e. The minimum Gasteiger partial charge on any atom is -0.810 e. The number of hydrogen-bond donors (Lipinski definition) is 0. The molecule has 314 valence electrons. The summed E-state index contributed by atoms with van der Waals surface area (Å²) in [6, 6.07) is 86.7. The van der Waals surface area contributed by atoms with E-state index in [9.17, 15) is 9.79 Å². The Kier molecular flexibility index (Phi) is 11.1. The summed E-state index contributed by atoms with van der Waals surface area (Å²) in [5.41, 5.74) is 16.1. The highest BCUT2D eigenvalue weighted by atomic mass is 31.2. The third-order valence-electron chi connectivity index (χ3n) is 12.5. The van der Waals surface area contributed by atoms with Crippen molar-refractivity contribution >= 4 is 30.1 Å². The number of benzene rings is 11. The Labute approximate surface area is 386 Å². The highest BCUT2D eigenvalue weighted by Crippen LogP contribution is 2.51. The molecule has 0 bridgehead atoms. The topological polar surface area (TPSA) is 55.3 Å².